The van der Waals surface area contributed by atoms with Crippen molar-refractivity contribution in [2.24, 2.45) is 5.73 Å². The first kappa shape index (κ1) is 23.2. The summed E-state index contributed by atoms with van der Waals surface area (Å²) in [4.78, 5) is 23.4. The summed E-state index contributed by atoms with van der Waals surface area (Å²) in [5.74, 6) is -0.941. The number of primary amides is 1. The second-order valence-corrected chi connectivity index (χ2v) is 7.48. The second-order valence-electron chi connectivity index (χ2n) is 7.48. The number of benzene rings is 2. The summed E-state index contributed by atoms with van der Waals surface area (Å²) in [6.07, 6.45) is 2.33. The minimum absolute atomic E-state index is 0. The predicted molar refractivity (Wildman–Crippen MR) is 113 cm³/mol. The zero-order valence-corrected chi connectivity index (χ0v) is 19.8. The molecule has 7 nitrogen and oxygen atoms in total. The topological polar surface area (TPSA) is 104 Å². The fourth-order valence-electron chi connectivity index (χ4n) is 4.36. The molecule has 3 N–H and O–H groups in total. The van der Waals surface area contributed by atoms with Gasteiger partial charge in [0, 0.05) is 29.8 Å². The van der Waals surface area contributed by atoms with Gasteiger partial charge in [0.05, 0.1) is 18.5 Å². The largest absolute Gasteiger partial charge is 1.00 e. The van der Waals surface area contributed by atoms with Gasteiger partial charge in [0.15, 0.2) is 6.61 Å². The summed E-state index contributed by atoms with van der Waals surface area (Å²) in [5.41, 5.74) is 9.61. The summed E-state index contributed by atoms with van der Waals surface area (Å²) >= 11 is 0. The Hall–Kier alpha value is -2.48. The standard InChI is InChI=1S/C23H24N2O5.Na.H/c1-29-15-10-18-22(19(11-15)30-13-20(26)27)21-16(23(24)28)8-5-9-17(21)25(18)12-14-6-3-2-4-7-14;;/h2-4,6-7,10-11,16H,5,8-9,12-13H2,1H3,(H2,24,28)(H,26,27);;/q;+1;-1. The molecule has 0 radical (unpaired) electrons. The summed E-state index contributed by atoms with van der Waals surface area (Å²) < 4.78 is 13.3. The van der Waals surface area contributed by atoms with Crippen molar-refractivity contribution in [1.82, 2.24) is 4.57 Å². The fraction of sp³-hybridized carbons (Fsp3) is 0.304. The van der Waals surface area contributed by atoms with Crippen LogP contribution in [0.15, 0.2) is 42.5 Å². The number of carbonyl (C=O) groups excluding carboxylic acids is 1. The molecular weight excluding hydrogens is 407 g/mol. The normalized spacial score (nSPS) is 15.1. The molecule has 0 aliphatic heterocycles. The molecule has 0 spiro atoms. The third kappa shape index (κ3) is 4.59. The Bertz CT molecular complexity index is 1120. The number of aromatic nitrogens is 1. The van der Waals surface area contributed by atoms with Gasteiger partial charge in [0.25, 0.3) is 0 Å². The van der Waals surface area contributed by atoms with Crippen LogP contribution in [0.3, 0.4) is 0 Å². The van der Waals surface area contributed by atoms with Crippen LogP contribution in [0, 0.1) is 0 Å². The molecule has 0 fully saturated rings. The molecular formula is C23H25N2NaO5. The smallest absolute Gasteiger partial charge is 1.00 e. The van der Waals surface area contributed by atoms with Crippen molar-refractivity contribution in [2.75, 3.05) is 13.7 Å². The summed E-state index contributed by atoms with van der Waals surface area (Å²) in [5, 5.41) is 9.86. The van der Waals surface area contributed by atoms with Crippen LogP contribution < -0.4 is 44.8 Å². The zero-order chi connectivity index (χ0) is 21.3. The van der Waals surface area contributed by atoms with Crippen LogP contribution in [0.4, 0.5) is 0 Å². The van der Waals surface area contributed by atoms with Gasteiger partial charge in [-0.2, -0.15) is 0 Å². The quantitative estimate of drug-likeness (QED) is 0.519. The number of ether oxygens (including phenoxy) is 2. The van der Waals surface area contributed by atoms with Crippen molar-refractivity contribution in [3.05, 3.63) is 59.3 Å². The van der Waals surface area contributed by atoms with E-state index in [1.165, 1.54) is 0 Å². The molecule has 1 amide bonds. The van der Waals surface area contributed by atoms with Crippen LogP contribution in [-0.2, 0) is 22.6 Å². The van der Waals surface area contributed by atoms with Crippen molar-refractivity contribution in [2.45, 2.75) is 31.7 Å². The van der Waals surface area contributed by atoms with Crippen LogP contribution in [0.25, 0.3) is 10.9 Å². The number of fused-ring (bicyclic) bond motifs is 3. The van der Waals surface area contributed by atoms with E-state index < -0.39 is 18.5 Å². The Labute approximate surface area is 203 Å². The van der Waals surface area contributed by atoms with Gasteiger partial charge in [-0.05, 0) is 30.4 Å². The van der Waals surface area contributed by atoms with E-state index in [0.29, 0.717) is 24.5 Å². The van der Waals surface area contributed by atoms with Crippen LogP contribution in [0.1, 0.15) is 37.0 Å². The fourth-order valence-corrected chi connectivity index (χ4v) is 4.36. The van der Waals surface area contributed by atoms with E-state index in [-0.39, 0.29) is 36.9 Å². The molecule has 4 rings (SSSR count). The minimum atomic E-state index is -1.07. The molecule has 0 saturated carbocycles. The van der Waals surface area contributed by atoms with E-state index in [0.717, 1.165) is 40.6 Å². The van der Waals surface area contributed by atoms with Crippen LogP contribution in [0.5, 0.6) is 11.5 Å². The van der Waals surface area contributed by atoms with Crippen molar-refractivity contribution >= 4 is 22.8 Å². The number of hydrogen-bond donors (Lipinski definition) is 2. The average molecular weight is 432 g/mol. The SMILES string of the molecule is COc1cc(OCC(=O)O)c2c3c(n(Cc4ccccc4)c2c1)CCCC3C(N)=O.[H-].[Na+]. The molecule has 1 heterocycles. The average Bonchev–Trinajstić information content (AvgIpc) is 3.06. The Balaban J connectivity index is 0.00000181. The minimum Gasteiger partial charge on any atom is -1.00 e. The van der Waals surface area contributed by atoms with E-state index in [1.807, 2.05) is 24.3 Å². The van der Waals surface area contributed by atoms with E-state index >= 15 is 0 Å². The number of rotatable bonds is 7. The molecule has 1 atom stereocenters. The third-order valence-corrected chi connectivity index (χ3v) is 5.62. The van der Waals surface area contributed by atoms with Crippen molar-refractivity contribution < 1.29 is 55.2 Å². The number of nitrogens with zero attached hydrogens (tertiary/aromatic N) is 1. The van der Waals surface area contributed by atoms with E-state index in [1.54, 1.807) is 13.2 Å². The van der Waals surface area contributed by atoms with E-state index in [2.05, 4.69) is 16.7 Å². The molecule has 158 valence electrons. The first-order valence-corrected chi connectivity index (χ1v) is 9.90. The van der Waals surface area contributed by atoms with Crippen LogP contribution >= 0.6 is 0 Å². The van der Waals surface area contributed by atoms with Crippen LogP contribution in [0.2, 0.25) is 0 Å². The van der Waals surface area contributed by atoms with Gasteiger partial charge in [-0.15, -0.1) is 0 Å². The maximum Gasteiger partial charge on any atom is 1.00 e. The first-order chi connectivity index (χ1) is 14.5. The molecule has 1 aliphatic carbocycles. The predicted octanol–water partition coefficient (Wildman–Crippen LogP) is 0.183. The Morgan fingerprint density at radius 2 is 2.00 bits per heavy atom. The number of amides is 1. The molecule has 1 aromatic heterocycles. The van der Waals surface area contributed by atoms with Gasteiger partial charge in [0.1, 0.15) is 11.5 Å². The van der Waals surface area contributed by atoms with Gasteiger partial charge in [0.2, 0.25) is 5.91 Å². The number of carbonyl (C=O) groups is 2. The molecule has 0 saturated heterocycles. The van der Waals surface area contributed by atoms with Crippen molar-refractivity contribution in [1.29, 1.82) is 0 Å². The summed E-state index contributed by atoms with van der Waals surface area (Å²) in [7, 11) is 1.55. The molecule has 2 aromatic carbocycles. The molecule has 31 heavy (non-hydrogen) atoms. The number of aliphatic carboxylic acids is 1. The Kier molecular flexibility index (Phi) is 7.30. The van der Waals surface area contributed by atoms with Gasteiger partial charge in [-0.3, -0.25) is 4.79 Å². The second kappa shape index (κ2) is 9.77. The maximum atomic E-state index is 12.3. The third-order valence-electron chi connectivity index (χ3n) is 5.62. The molecule has 0 bridgehead atoms. The molecule has 1 unspecified atom stereocenters. The number of methoxy groups -OCH3 is 1. The van der Waals surface area contributed by atoms with Gasteiger partial charge < -0.3 is 26.3 Å². The van der Waals surface area contributed by atoms with Gasteiger partial charge in [-0.1, -0.05) is 30.3 Å². The van der Waals surface area contributed by atoms with E-state index in [9.17, 15) is 9.59 Å². The number of hydrogen-bond acceptors (Lipinski definition) is 4. The monoisotopic (exact) mass is 432 g/mol. The number of carboxylic acids is 1. The van der Waals surface area contributed by atoms with Crippen molar-refractivity contribution in [3.8, 4) is 11.5 Å². The van der Waals surface area contributed by atoms with Gasteiger partial charge >= 0.3 is 35.5 Å². The Morgan fingerprint density at radius 1 is 1.26 bits per heavy atom. The zero-order valence-electron chi connectivity index (χ0n) is 18.8. The molecule has 1 aliphatic rings. The molecule has 8 heteroatoms. The maximum absolute atomic E-state index is 12.3. The molecule has 3 aromatic rings. The number of nitrogens with two attached hydrogens (primary N) is 1. The summed E-state index contributed by atoms with van der Waals surface area (Å²) in [6.45, 7) is 0.131. The first-order valence-electron chi connectivity index (χ1n) is 9.90. The van der Waals surface area contributed by atoms with E-state index in [4.69, 9.17) is 20.3 Å². The summed E-state index contributed by atoms with van der Waals surface area (Å²) in [6, 6.07) is 13.6. The van der Waals surface area contributed by atoms with Crippen LogP contribution in [-0.4, -0.2) is 35.3 Å². The number of carboxylic acid groups (broad SMARTS) is 1. The van der Waals surface area contributed by atoms with Crippen molar-refractivity contribution in [3.63, 3.8) is 0 Å². The Morgan fingerprint density at radius 3 is 2.65 bits per heavy atom. The van der Waals surface area contributed by atoms with Gasteiger partial charge in [-0.25, -0.2) is 4.79 Å².